The van der Waals surface area contributed by atoms with Gasteiger partial charge in [0.25, 0.3) is 0 Å². The van der Waals surface area contributed by atoms with Crippen LogP contribution in [-0.4, -0.2) is 22.3 Å². The molecule has 1 heterocycles. The van der Waals surface area contributed by atoms with E-state index in [9.17, 15) is 0 Å². The summed E-state index contributed by atoms with van der Waals surface area (Å²) in [6, 6.07) is 2.64. The lowest BCUT2D eigenvalue weighted by Crippen LogP contribution is -2.31. The van der Waals surface area contributed by atoms with Gasteiger partial charge in [0.1, 0.15) is 0 Å². The number of nitrogens with zero attached hydrogens (tertiary/aromatic N) is 1. The molecule has 0 spiro atoms. The average molecular weight is 208 g/mol. The first-order valence-electron chi connectivity index (χ1n) is 5.74. The van der Waals surface area contributed by atoms with Gasteiger partial charge in [0.05, 0.1) is 0 Å². The van der Waals surface area contributed by atoms with E-state index in [-0.39, 0.29) is 0 Å². The average Bonchev–Trinajstić information content (AvgIpc) is 2.97. The molecule has 0 aliphatic heterocycles. The minimum atomic E-state index is 0.295. The van der Waals surface area contributed by atoms with Crippen LogP contribution in [0, 0.1) is 5.92 Å². The van der Waals surface area contributed by atoms with Crippen molar-refractivity contribution in [1.82, 2.24) is 9.88 Å². The van der Waals surface area contributed by atoms with Crippen LogP contribution in [-0.2, 0) is 13.6 Å². The number of hydrogen-bond donors (Lipinski definition) is 2. The molecule has 1 atom stereocenters. The van der Waals surface area contributed by atoms with Crippen molar-refractivity contribution in [2.75, 3.05) is 6.61 Å². The van der Waals surface area contributed by atoms with Crippen LogP contribution in [0.1, 0.15) is 24.8 Å². The van der Waals surface area contributed by atoms with Gasteiger partial charge < -0.3 is 15.0 Å². The summed E-state index contributed by atoms with van der Waals surface area (Å²) in [4.78, 5) is 0. The Labute approximate surface area is 91.1 Å². The fourth-order valence-electron chi connectivity index (χ4n) is 2.06. The van der Waals surface area contributed by atoms with Gasteiger partial charge in [0.2, 0.25) is 0 Å². The maximum absolute atomic E-state index is 8.97. The molecule has 3 nitrogen and oxygen atoms in total. The molecule has 15 heavy (non-hydrogen) atoms. The topological polar surface area (TPSA) is 37.2 Å². The quantitative estimate of drug-likeness (QED) is 0.739. The Morgan fingerprint density at radius 2 is 2.40 bits per heavy atom. The zero-order valence-electron chi connectivity index (χ0n) is 9.32. The van der Waals surface area contributed by atoms with E-state index in [0.717, 1.165) is 18.9 Å². The van der Waals surface area contributed by atoms with Crippen LogP contribution in [0.3, 0.4) is 0 Å². The van der Waals surface area contributed by atoms with Gasteiger partial charge in [-0.3, -0.25) is 0 Å². The van der Waals surface area contributed by atoms with Crippen molar-refractivity contribution < 1.29 is 5.11 Å². The molecule has 0 saturated heterocycles. The van der Waals surface area contributed by atoms with E-state index in [1.54, 1.807) is 0 Å². The Morgan fingerprint density at radius 1 is 1.60 bits per heavy atom. The summed E-state index contributed by atoms with van der Waals surface area (Å²) in [5.41, 5.74) is 1.32. The van der Waals surface area contributed by atoms with E-state index in [0.29, 0.717) is 12.6 Å². The summed E-state index contributed by atoms with van der Waals surface area (Å²) in [7, 11) is 2.04. The second-order valence-corrected chi connectivity index (χ2v) is 4.52. The number of rotatable bonds is 6. The number of aryl methyl sites for hydroxylation is 1. The van der Waals surface area contributed by atoms with Crippen molar-refractivity contribution in [2.45, 2.75) is 31.8 Å². The monoisotopic (exact) mass is 208 g/mol. The second kappa shape index (κ2) is 4.81. The van der Waals surface area contributed by atoms with Crippen LogP contribution >= 0.6 is 0 Å². The molecule has 1 unspecified atom stereocenters. The molecule has 0 aromatic carbocycles. The normalized spacial score (nSPS) is 18.0. The largest absolute Gasteiger partial charge is 0.396 e. The Balaban J connectivity index is 1.79. The predicted octanol–water partition coefficient (Wildman–Crippen LogP) is 1.28. The SMILES string of the molecule is Cn1ccc(CNC(CCO)C2CC2)c1. The highest BCUT2D eigenvalue weighted by atomic mass is 16.3. The van der Waals surface area contributed by atoms with Gasteiger partial charge in [-0.05, 0) is 36.8 Å². The Morgan fingerprint density at radius 3 is 2.93 bits per heavy atom. The van der Waals surface area contributed by atoms with E-state index in [2.05, 4.69) is 28.3 Å². The van der Waals surface area contributed by atoms with Crippen molar-refractivity contribution in [3.05, 3.63) is 24.0 Å². The van der Waals surface area contributed by atoms with Crippen molar-refractivity contribution in [1.29, 1.82) is 0 Å². The fourth-order valence-corrected chi connectivity index (χ4v) is 2.06. The number of aliphatic hydroxyl groups is 1. The van der Waals surface area contributed by atoms with Gasteiger partial charge >= 0.3 is 0 Å². The molecule has 2 rings (SSSR count). The summed E-state index contributed by atoms with van der Waals surface area (Å²) in [5.74, 6) is 0.806. The van der Waals surface area contributed by atoms with Gasteiger partial charge in [0, 0.05) is 38.6 Å². The molecule has 1 aliphatic carbocycles. The number of aromatic nitrogens is 1. The summed E-state index contributed by atoms with van der Waals surface area (Å²) >= 11 is 0. The predicted molar refractivity (Wildman–Crippen MR) is 60.5 cm³/mol. The fraction of sp³-hybridized carbons (Fsp3) is 0.667. The van der Waals surface area contributed by atoms with Crippen LogP contribution < -0.4 is 5.32 Å². The van der Waals surface area contributed by atoms with Gasteiger partial charge in [-0.25, -0.2) is 0 Å². The van der Waals surface area contributed by atoms with E-state index < -0.39 is 0 Å². The van der Waals surface area contributed by atoms with Crippen molar-refractivity contribution in [3.8, 4) is 0 Å². The molecule has 1 aromatic heterocycles. The summed E-state index contributed by atoms with van der Waals surface area (Å²) in [5, 5.41) is 12.5. The zero-order chi connectivity index (χ0) is 10.7. The number of nitrogens with one attached hydrogen (secondary N) is 1. The molecule has 3 heteroatoms. The molecule has 1 saturated carbocycles. The van der Waals surface area contributed by atoms with Gasteiger partial charge in [-0.2, -0.15) is 0 Å². The first-order chi connectivity index (χ1) is 7.29. The summed E-state index contributed by atoms with van der Waals surface area (Å²) < 4.78 is 2.06. The Bertz CT molecular complexity index is 304. The summed E-state index contributed by atoms with van der Waals surface area (Å²) in [6.07, 6.45) is 7.74. The lowest BCUT2D eigenvalue weighted by molar-refractivity contribution is 0.256. The third-order valence-corrected chi connectivity index (χ3v) is 3.09. The number of aliphatic hydroxyl groups excluding tert-OH is 1. The maximum Gasteiger partial charge on any atom is 0.0445 e. The van der Waals surface area contributed by atoms with Gasteiger partial charge in [0.15, 0.2) is 0 Å². The third kappa shape index (κ3) is 3.08. The summed E-state index contributed by atoms with van der Waals surface area (Å²) in [6.45, 7) is 1.21. The molecule has 84 valence electrons. The molecule has 0 amide bonds. The first kappa shape index (κ1) is 10.7. The Hall–Kier alpha value is -0.800. The maximum atomic E-state index is 8.97. The molecular formula is C12H20N2O. The molecule has 0 bridgehead atoms. The zero-order valence-corrected chi connectivity index (χ0v) is 9.32. The minimum absolute atomic E-state index is 0.295. The molecule has 1 fully saturated rings. The lowest BCUT2D eigenvalue weighted by Gasteiger charge is -2.16. The van der Waals surface area contributed by atoms with E-state index in [1.165, 1.54) is 18.4 Å². The molecule has 2 N–H and O–H groups in total. The molecule has 0 radical (unpaired) electrons. The van der Waals surface area contributed by atoms with E-state index >= 15 is 0 Å². The van der Waals surface area contributed by atoms with Crippen molar-refractivity contribution >= 4 is 0 Å². The van der Waals surface area contributed by atoms with Crippen LogP contribution in [0.25, 0.3) is 0 Å². The standard InChI is InChI=1S/C12H20N2O/c1-14-6-4-10(9-14)8-13-12(5-7-15)11-2-3-11/h4,6,9,11-13,15H,2-3,5,7-8H2,1H3. The highest BCUT2D eigenvalue weighted by Crippen LogP contribution is 2.34. The Kier molecular flexibility index (Phi) is 3.44. The highest BCUT2D eigenvalue weighted by molar-refractivity contribution is 5.09. The minimum Gasteiger partial charge on any atom is -0.396 e. The molecule has 1 aliphatic rings. The number of hydrogen-bond acceptors (Lipinski definition) is 2. The molecular weight excluding hydrogens is 188 g/mol. The van der Waals surface area contributed by atoms with E-state index in [1.807, 2.05) is 7.05 Å². The first-order valence-corrected chi connectivity index (χ1v) is 5.74. The van der Waals surface area contributed by atoms with Crippen molar-refractivity contribution in [3.63, 3.8) is 0 Å². The highest BCUT2D eigenvalue weighted by Gasteiger charge is 2.30. The smallest absolute Gasteiger partial charge is 0.0445 e. The van der Waals surface area contributed by atoms with Crippen molar-refractivity contribution in [2.24, 2.45) is 13.0 Å². The van der Waals surface area contributed by atoms with Crippen LogP contribution in [0.15, 0.2) is 18.5 Å². The van der Waals surface area contributed by atoms with Crippen LogP contribution in [0.2, 0.25) is 0 Å². The van der Waals surface area contributed by atoms with Gasteiger partial charge in [-0.15, -0.1) is 0 Å². The van der Waals surface area contributed by atoms with Crippen LogP contribution in [0.5, 0.6) is 0 Å². The molecule has 1 aromatic rings. The third-order valence-electron chi connectivity index (χ3n) is 3.09. The second-order valence-electron chi connectivity index (χ2n) is 4.52. The van der Waals surface area contributed by atoms with E-state index in [4.69, 9.17) is 5.11 Å². The lowest BCUT2D eigenvalue weighted by atomic mass is 10.1. The van der Waals surface area contributed by atoms with Gasteiger partial charge in [-0.1, -0.05) is 0 Å². The van der Waals surface area contributed by atoms with Crippen LogP contribution in [0.4, 0.5) is 0 Å².